The number of aryl methyl sites for hydroxylation is 2. The fourth-order valence-corrected chi connectivity index (χ4v) is 5.51. The number of rotatable bonds is 7. The number of hydrogen-bond donors (Lipinski definition) is 1. The van der Waals surface area contributed by atoms with Crippen molar-refractivity contribution in [2.75, 3.05) is 39.8 Å². The van der Waals surface area contributed by atoms with E-state index in [9.17, 15) is 13.2 Å². The summed E-state index contributed by atoms with van der Waals surface area (Å²) in [5, 5.41) is 4.64. The van der Waals surface area contributed by atoms with Gasteiger partial charge in [0.2, 0.25) is 10.0 Å². The summed E-state index contributed by atoms with van der Waals surface area (Å²) >= 11 is 0. The monoisotopic (exact) mass is 520 g/mol. The van der Waals surface area contributed by atoms with Gasteiger partial charge in [0, 0.05) is 32.6 Å². The first kappa shape index (κ1) is 29.5. The summed E-state index contributed by atoms with van der Waals surface area (Å²) in [6.07, 6.45) is 1.52. The fourth-order valence-electron chi connectivity index (χ4n) is 4.06. The van der Waals surface area contributed by atoms with Crippen LogP contribution in [-0.2, 0) is 16.4 Å². The van der Waals surface area contributed by atoms with E-state index in [0.717, 1.165) is 6.42 Å². The topological polar surface area (TPSA) is 113 Å². The van der Waals surface area contributed by atoms with E-state index in [1.54, 1.807) is 23.6 Å². The van der Waals surface area contributed by atoms with Crippen LogP contribution in [0.5, 0.6) is 5.75 Å². The van der Waals surface area contributed by atoms with Gasteiger partial charge in [0.15, 0.2) is 11.3 Å². The molecule has 1 fully saturated rings. The molecule has 0 amide bonds. The zero-order valence-corrected chi connectivity index (χ0v) is 22.3. The van der Waals surface area contributed by atoms with Crippen LogP contribution in [0.25, 0.3) is 16.9 Å². The number of ether oxygens (including phenoxy) is 1. The maximum Gasteiger partial charge on any atom is 0.277 e. The number of imidazole rings is 1. The Bertz CT molecular complexity index is 1320. The summed E-state index contributed by atoms with van der Waals surface area (Å²) in [6.45, 7) is 12.2. The highest BCUT2D eigenvalue weighted by Gasteiger charge is 2.29. The molecule has 1 aliphatic rings. The number of hydrogen-bond acceptors (Lipinski definition) is 7. The molecule has 0 saturated carbocycles. The molecule has 0 atom stereocenters. The van der Waals surface area contributed by atoms with Crippen LogP contribution < -0.4 is 10.3 Å². The van der Waals surface area contributed by atoms with Gasteiger partial charge in [-0.05, 0) is 45.5 Å². The predicted octanol–water partition coefficient (Wildman–Crippen LogP) is 3.34. The molecule has 1 saturated heterocycles. The number of fused-ring (bicyclic) bond motifs is 1. The number of sulfonamides is 1. The molecule has 0 aliphatic carbocycles. The molecular weight excluding hydrogens is 480 g/mol. The van der Waals surface area contributed by atoms with Crippen molar-refractivity contribution in [1.82, 2.24) is 28.8 Å². The van der Waals surface area contributed by atoms with Crippen LogP contribution >= 0.6 is 0 Å². The fraction of sp³-hybridized carbons (Fsp3) is 0.560. The average Bonchev–Trinajstić information content (AvgIpc) is 3.16. The van der Waals surface area contributed by atoms with E-state index < -0.39 is 10.0 Å². The first-order valence-electron chi connectivity index (χ1n) is 12.2. The van der Waals surface area contributed by atoms with Crippen molar-refractivity contribution in [2.45, 2.75) is 59.8 Å². The minimum absolute atomic E-state index is 0. The normalized spacial score (nSPS) is 14.7. The molecule has 2 aromatic heterocycles. The quantitative estimate of drug-likeness (QED) is 0.508. The number of aromatic amines is 1. The van der Waals surface area contributed by atoms with Crippen LogP contribution in [0.15, 0.2) is 27.9 Å². The Balaban J connectivity index is 0.00000148. The molecule has 0 unspecified atom stereocenters. The number of H-pyrrole nitrogens is 1. The minimum Gasteiger partial charge on any atom is -0.493 e. The predicted molar refractivity (Wildman–Crippen MR) is 143 cm³/mol. The summed E-state index contributed by atoms with van der Waals surface area (Å²) in [4.78, 5) is 22.5. The van der Waals surface area contributed by atoms with Gasteiger partial charge in [-0.15, -0.1) is 5.10 Å². The van der Waals surface area contributed by atoms with Crippen molar-refractivity contribution in [3.8, 4) is 17.1 Å². The minimum atomic E-state index is -3.70. The largest absolute Gasteiger partial charge is 0.493 e. The lowest BCUT2D eigenvalue weighted by atomic mass is 10.2. The molecule has 0 bridgehead atoms. The van der Waals surface area contributed by atoms with Crippen molar-refractivity contribution in [3.05, 3.63) is 40.1 Å². The van der Waals surface area contributed by atoms with Crippen molar-refractivity contribution < 1.29 is 13.2 Å². The van der Waals surface area contributed by atoms with Crippen molar-refractivity contribution in [1.29, 1.82) is 0 Å². The molecule has 3 aromatic rings. The third-order valence-electron chi connectivity index (χ3n) is 5.82. The van der Waals surface area contributed by atoms with Crippen LogP contribution in [0.3, 0.4) is 0 Å². The Kier molecular flexibility index (Phi) is 10.2. The van der Waals surface area contributed by atoms with Gasteiger partial charge in [-0.1, -0.05) is 28.2 Å². The maximum absolute atomic E-state index is 13.3. The number of likely N-dealkylation sites (N-methyl/N-ethyl adjacent to an activating group) is 1. The Morgan fingerprint density at radius 3 is 2.39 bits per heavy atom. The second kappa shape index (κ2) is 12.5. The summed E-state index contributed by atoms with van der Waals surface area (Å²) in [5.41, 5.74) is 1.08. The summed E-state index contributed by atoms with van der Waals surface area (Å²) in [5.74, 6) is 1.38. The molecule has 36 heavy (non-hydrogen) atoms. The Labute approximate surface area is 214 Å². The second-order valence-corrected chi connectivity index (χ2v) is 10.2. The van der Waals surface area contributed by atoms with Gasteiger partial charge in [0.25, 0.3) is 5.56 Å². The lowest BCUT2D eigenvalue weighted by Gasteiger charge is -2.31. The Hall–Kier alpha value is -2.76. The molecule has 10 nitrogen and oxygen atoms in total. The van der Waals surface area contributed by atoms with Crippen LogP contribution in [-0.4, -0.2) is 77.0 Å². The van der Waals surface area contributed by atoms with Gasteiger partial charge >= 0.3 is 0 Å². The molecular formula is C25H40N6O4S. The van der Waals surface area contributed by atoms with Gasteiger partial charge in [-0.2, -0.15) is 4.31 Å². The third-order valence-corrected chi connectivity index (χ3v) is 7.72. The highest BCUT2D eigenvalue weighted by molar-refractivity contribution is 7.89. The van der Waals surface area contributed by atoms with Gasteiger partial charge in [0.05, 0.1) is 22.8 Å². The first-order valence-corrected chi connectivity index (χ1v) is 13.6. The van der Waals surface area contributed by atoms with Gasteiger partial charge in [-0.25, -0.2) is 17.9 Å². The summed E-state index contributed by atoms with van der Waals surface area (Å²) in [7, 11) is -1.73. The molecule has 200 valence electrons. The van der Waals surface area contributed by atoms with Crippen molar-refractivity contribution in [3.63, 3.8) is 0 Å². The Morgan fingerprint density at radius 1 is 1.11 bits per heavy atom. The molecule has 3 heterocycles. The highest BCUT2D eigenvalue weighted by Crippen LogP contribution is 2.31. The average molecular weight is 521 g/mol. The van der Waals surface area contributed by atoms with E-state index in [1.807, 2.05) is 34.7 Å². The van der Waals surface area contributed by atoms with E-state index >= 15 is 0 Å². The lowest BCUT2D eigenvalue weighted by molar-refractivity contribution is 0.222. The van der Waals surface area contributed by atoms with E-state index in [-0.39, 0.29) is 23.7 Å². The first-order chi connectivity index (χ1) is 16.8. The van der Waals surface area contributed by atoms with Crippen LogP contribution in [0.4, 0.5) is 0 Å². The molecule has 1 aliphatic heterocycles. The zero-order chi connectivity index (χ0) is 25.8. The standard InChI is InChI=1S/C22H30N6O4S.C2H6.CH4/c1-5-7-19-23-15(3)20-22(29)24-21(25-28(19)20)17-14-16(8-9-18(17)32-6-2)33(30,31)27-12-10-26(4)11-13-27;1-2;/h8-9,14H,5-7,10-13H2,1-4H3,(H,24,25,29);1-2H3;1H4. The van der Waals surface area contributed by atoms with Crippen LogP contribution in [0.1, 0.15) is 53.1 Å². The number of nitrogens with one attached hydrogen (secondary N) is 1. The molecule has 1 N–H and O–H groups in total. The molecule has 11 heteroatoms. The van der Waals surface area contributed by atoms with Crippen LogP contribution in [0, 0.1) is 6.92 Å². The number of aromatic nitrogens is 4. The van der Waals surface area contributed by atoms with Gasteiger partial charge in [-0.3, -0.25) is 4.79 Å². The number of piperazine rings is 1. The van der Waals surface area contributed by atoms with E-state index in [1.165, 1.54) is 10.4 Å². The molecule has 1 aromatic carbocycles. The lowest BCUT2D eigenvalue weighted by Crippen LogP contribution is -2.47. The molecule has 0 radical (unpaired) electrons. The summed E-state index contributed by atoms with van der Waals surface area (Å²) in [6, 6.07) is 4.70. The molecule has 4 rings (SSSR count). The van der Waals surface area contributed by atoms with Crippen molar-refractivity contribution >= 4 is 15.5 Å². The number of benzene rings is 1. The zero-order valence-electron chi connectivity index (χ0n) is 21.5. The Morgan fingerprint density at radius 2 is 1.78 bits per heavy atom. The van der Waals surface area contributed by atoms with Gasteiger partial charge in [0.1, 0.15) is 11.6 Å². The van der Waals surface area contributed by atoms with Crippen molar-refractivity contribution in [2.24, 2.45) is 0 Å². The third kappa shape index (κ3) is 5.79. The number of nitrogens with zero attached hydrogens (tertiary/aromatic N) is 5. The SMILES string of the molecule is C.CC.CCCc1nc(C)c2c(=O)[nH]c(-c3cc(S(=O)(=O)N4CCN(C)CC4)ccc3OCC)nn12. The van der Waals surface area contributed by atoms with E-state index in [0.29, 0.717) is 67.6 Å². The second-order valence-electron chi connectivity index (χ2n) is 8.22. The van der Waals surface area contributed by atoms with Gasteiger partial charge < -0.3 is 14.6 Å². The van der Waals surface area contributed by atoms with Crippen LogP contribution in [0.2, 0.25) is 0 Å². The maximum atomic E-state index is 13.3. The summed E-state index contributed by atoms with van der Waals surface area (Å²) < 4.78 is 35.5. The smallest absolute Gasteiger partial charge is 0.277 e. The highest BCUT2D eigenvalue weighted by atomic mass is 32.2. The molecule has 0 spiro atoms. The van der Waals surface area contributed by atoms with E-state index in [4.69, 9.17) is 4.74 Å². The van der Waals surface area contributed by atoms with E-state index in [2.05, 4.69) is 20.0 Å².